The van der Waals surface area contributed by atoms with Crippen molar-refractivity contribution in [1.29, 1.82) is 0 Å². The number of hydrogen-bond donors (Lipinski definition) is 0. The molecule has 0 amide bonds. The lowest BCUT2D eigenvalue weighted by Gasteiger charge is -2.20. The minimum absolute atomic E-state index is 0.749. The predicted octanol–water partition coefficient (Wildman–Crippen LogP) is 5.22. The van der Waals surface area contributed by atoms with Gasteiger partial charge < -0.3 is 0 Å². The van der Waals surface area contributed by atoms with E-state index < -0.39 is 0 Å². The molecule has 0 fully saturated rings. The van der Waals surface area contributed by atoms with Gasteiger partial charge in [-0.05, 0) is 44.4 Å². The van der Waals surface area contributed by atoms with E-state index in [1.165, 1.54) is 18.4 Å². The van der Waals surface area contributed by atoms with E-state index in [0.29, 0.717) is 0 Å². The fourth-order valence-corrected chi connectivity index (χ4v) is 1.79. The molecular formula is C15H28. The average Bonchev–Trinajstić information content (AvgIpc) is 2.16. The number of allylic oxidation sites excluding steroid dienone is 4. The molecule has 0 heteroatoms. The van der Waals surface area contributed by atoms with Gasteiger partial charge in [-0.3, -0.25) is 0 Å². The first kappa shape index (κ1) is 14.5. The zero-order valence-corrected chi connectivity index (χ0v) is 11.4. The lowest BCUT2D eigenvalue weighted by Crippen LogP contribution is -2.09. The van der Waals surface area contributed by atoms with Crippen molar-refractivity contribution in [3.05, 3.63) is 23.8 Å². The normalized spacial score (nSPS) is 17.4. The smallest absolute Gasteiger partial charge is 0.0228 e. The molecule has 0 radical (unpaired) electrons. The highest BCUT2D eigenvalue weighted by atomic mass is 14.2. The third-order valence-electron chi connectivity index (χ3n) is 3.27. The Bertz CT molecular complexity index is 208. The van der Waals surface area contributed by atoms with Gasteiger partial charge in [0.25, 0.3) is 0 Å². The second-order valence-corrected chi connectivity index (χ2v) is 5.04. The molecule has 0 rings (SSSR count). The van der Waals surface area contributed by atoms with E-state index in [0.717, 1.165) is 17.8 Å². The fraction of sp³-hybridized carbons (Fsp3) is 0.733. The predicted molar refractivity (Wildman–Crippen MR) is 71.0 cm³/mol. The second kappa shape index (κ2) is 7.73. The average molecular weight is 208 g/mol. The van der Waals surface area contributed by atoms with Gasteiger partial charge in [0.15, 0.2) is 0 Å². The van der Waals surface area contributed by atoms with Crippen molar-refractivity contribution in [1.82, 2.24) is 0 Å². The van der Waals surface area contributed by atoms with Crippen LogP contribution in [0.2, 0.25) is 0 Å². The van der Waals surface area contributed by atoms with Crippen LogP contribution in [0.5, 0.6) is 0 Å². The molecule has 0 saturated heterocycles. The SMILES string of the molecule is CC=CC(C)=CC(CC)CC(C)C(C)C. The minimum atomic E-state index is 0.749. The van der Waals surface area contributed by atoms with Gasteiger partial charge in [-0.15, -0.1) is 0 Å². The van der Waals surface area contributed by atoms with Gasteiger partial charge in [0, 0.05) is 0 Å². The molecule has 0 aromatic heterocycles. The molecule has 0 N–H and O–H groups in total. The summed E-state index contributed by atoms with van der Waals surface area (Å²) in [6.07, 6.45) is 9.32. The third-order valence-corrected chi connectivity index (χ3v) is 3.27. The van der Waals surface area contributed by atoms with Crippen molar-refractivity contribution in [3.8, 4) is 0 Å². The molecule has 0 aromatic rings. The molecule has 0 bridgehead atoms. The highest BCUT2D eigenvalue weighted by Crippen LogP contribution is 2.23. The van der Waals surface area contributed by atoms with Crippen LogP contribution >= 0.6 is 0 Å². The zero-order chi connectivity index (χ0) is 11.8. The van der Waals surface area contributed by atoms with E-state index >= 15 is 0 Å². The van der Waals surface area contributed by atoms with E-state index in [-0.39, 0.29) is 0 Å². The second-order valence-electron chi connectivity index (χ2n) is 5.04. The third kappa shape index (κ3) is 6.54. The largest absolute Gasteiger partial charge is 0.0874 e. The Morgan fingerprint density at radius 3 is 2.20 bits per heavy atom. The lowest BCUT2D eigenvalue weighted by atomic mass is 9.86. The van der Waals surface area contributed by atoms with Crippen molar-refractivity contribution < 1.29 is 0 Å². The molecular weight excluding hydrogens is 180 g/mol. The van der Waals surface area contributed by atoms with Crippen LogP contribution in [-0.4, -0.2) is 0 Å². The first-order valence-electron chi connectivity index (χ1n) is 6.32. The summed E-state index contributed by atoms with van der Waals surface area (Å²) in [7, 11) is 0. The van der Waals surface area contributed by atoms with Crippen LogP contribution in [0, 0.1) is 17.8 Å². The van der Waals surface area contributed by atoms with Crippen LogP contribution in [0.4, 0.5) is 0 Å². The van der Waals surface area contributed by atoms with Crippen molar-refractivity contribution in [2.75, 3.05) is 0 Å². The maximum atomic E-state index is 2.43. The van der Waals surface area contributed by atoms with Gasteiger partial charge in [-0.2, -0.15) is 0 Å². The Labute approximate surface area is 96.5 Å². The van der Waals surface area contributed by atoms with Crippen molar-refractivity contribution in [3.63, 3.8) is 0 Å². The fourth-order valence-electron chi connectivity index (χ4n) is 1.79. The molecule has 0 aliphatic rings. The Morgan fingerprint density at radius 2 is 1.80 bits per heavy atom. The maximum absolute atomic E-state index is 2.43. The number of hydrogen-bond acceptors (Lipinski definition) is 0. The Balaban J connectivity index is 4.31. The van der Waals surface area contributed by atoms with Crippen molar-refractivity contribution in [2.45, 2.75) is 54.4 Å². The molecule has 2 unspecified atom stereocenters. The van der Waals surface area contributed by atoms with Crippen LogP contribution < -0.4 is 0 Å². The van der Waals surface area contributed by atoms with E-state index in [1.54, 1.807) is 0 Å². The van der Waals surface area contributed by atoms with Crippen LogP contribution in [0.3, 0.4) is 0 Å². The molecule has 0 spiro atoms. The molecule has 0 saturated carbocycles. The summed E-state index contributed by atoms with van der Waals surface area (Å²) in [6.45, 7) is 13.6. The van der Waals surface area contributed by atoms with Crippen LogP contribution in [0.25, 0.3) is 0 Å². The van der Waals surface area contributed by atoms with Crippen LogP contribution in [0.1, 0.15) is 54.4 Å². The summed E-state index contributed by atoms with van der Waals surface area (Å²) < 4.78 is 0. The van der Waals surface area contributed by atoms with E-state index in [1.807, 2.05) is 0 Å². The lowest BCUT2D eigenvalue weighted by molar-refractivity contribution is 0.344. The van der Waals surface area contributed by atoms with Crippen molar-refractivity contribution in [2.24, 2.45) is 17.8 Å². The van der Waals surface area contributed by atoms with E-state index in [9.17, 15) is 0 Å². The first-order chi connectivity index (χ1) is 7.01. The molecule has 0 aliphatic carbocycles. The van der Waals surface area contributed by atoms with Gasteiger partial charge in [0.1, 0.15) is 0 Å². The Kier molecular flexibility index (Phi) is 7.46. The van der Waals surface area contributed by atoms with Gasteiger partial charge >= 0.3 is 0 Å². The number of rotatable bonds is 6. The summed E-state index contributed by atoms with van der Waals surface area (Å²) >= 11 is 0. The van der Waals surface area contributed by atoms with Gasteiger partial charge in [-0.1, -0.05) is 51.5 Å². The standard InChI is InChI=1S/C15H28/c1-7-9-13(5)10-15(8-2)11-14(6)12(3)4/h7,9-10,12,14-15H,8,11H2,1-6H3. The molecule has 15 heavy (non-hydrogen) atoms. The summed E-state index contributed by atoms with van der Waals surface area (Å²) in [5, 5.41) is 0. The summed E-state index contributed by atoms with van der Waals surface area (Å²) in [5.41, 5.74) is 1.40. The van der Waals surface area contributed by atoms with Gasteiger partial charge in [0.2, 0.25) is 0 Å². The van der Waals surface area contributed by atoms with Crippen molar-refractivity contribution >= 4 is 0 Å². The van der Waals surface area contributed by atoms with Gasteiger partial charge in [0.05, 0.1) is 0 Å². The first-order valence-corrected chi connectivity index (χ1v) is 6.32. The molecule has 88 valence electrons. The maximum Gasteiger partial charge on any atom is -0.0228 e. The summed E-state index contributed by atoms with van der Waals surface area (Å²) in [4.78, 5) is 0. The van der Waals surface area contributed by atoms with E-state index in [4.69, 9.17) is 0 Å². The minimum Gasteiger partial charge on any atom is -0.0874 e. The molecule has 0 aliphatic heterocycles. The molecule has 0 nitrogen and oxygen atoms in total. The molecule has 0 heterocycles. The Hall–Kier alpha value is -0.520. The van der Waals surface area contributed by atoms with Crippen LogP contribution in [0.15, 0.2) is 23.8 Å². The summed E-state index contributed by atoms with van der Waals surface area (Å²) in [6, 6.07) is 0. The summed E-state index contributed by atoms with van der Waals surface area (Å²) in [5.74, 6) is 2.37. The quantitative estimate of drug-likeness (QED) is 0.525. The molecule has 2 atom stereocenters. The highest BCUT2D eigenvalue weighted by Gasteiger charge is 2.12. The van der Waals surface area contributed by atoms with E-state index in [2.05, 4.69) is 59.8 Å². The Morgan fingerprint density at radius 1 is 1.20 bits per heavy atom. The topological polar surface area (TPSA) is 0 Å². The monoisotopic (exact) mass is 208 g/mol. The molecule has 0 aromatic carbocycles. The van der Waals surface area contributed by atoms with Crippen LogP contribution in [-0.2, 0) is 0 Å². The zero-order valence-electron chi connectivity index (χ0n) is 11.4. The van der Waals surface area contributed by atoms with Gasteiger partial charge in [-0.25, -0.2) is 0 Å². The highest BCUT2D eigenvalue weighted by molar-refractivity contribution is 5.16.